The summed E-state index contributed by atoms with van der Waals surface area (Å²) < 4.78 is 0. The van der Waals surface area contributed by atoms with Crippen molar-refractivity contribution in [3.8, 4) is 0 Å². The van der Waals surface area contributed by atoms with Crippen LogP contribution in [-0.4, -0.2) is 6.54 Å². The maximum Gasteiger partial charge on any atom is 0.0551 e. The third kappa shape index (κ3) is 1.34. The van der Waals surface area contributed by atoms with E-state index in [9.17, 15) is 0 Å². The molecule has 1 unspecified atom stereocenters. The van der Waals surface area contributed by atoms with Crippen LogP contribution in [0.25, 0.3) is 0 Å². The van der Waals surface area contributed by atoms with Crippen molar-refractivity contribution in [2.45, 2.75) is 12.6 Å². The van der Waals surface area contributed by atoms with Crippen LogP contribution in [0.1, 0.15) is 17.2 Å². The second-order valence-electron chi connectivity index (χ2n) is 3.42. The number of nitrogen functional groups attached to an aromatic ring is 2. The molecule has 1 aliphatic heterocycles. The van der Waals surface area contributed by atoms with E-state index in [2.05, 4.69) is 5.32 Å². The lowest BCUT2D eigenvalue weighted by Gasteiger charge is -2.24. The second-order valence-corrected chi connectivity index (χ2v) is 3.42. The molecular formula is C9H14N4. The highest BCUT2D eigenvalue weighted by Crippen LogP contribution is 2.26. The molecule has 0 aromatic heterocycles. The third-order valence-corrected chi connectivity index (χ3v) is 2.42. The van der Waals surface area contributed by atoms with Gasteiger partial charge in [0.2, 0.25) is 0 Å². The van der Waals surface area contributed by atoms with Crippen LogP contribution in [0.4, 0.5) is 11.4 Å². The van der Waals surface area contributed by atoms with E-state index in [1.807, 2.05) is 12.1 Å². The molecule has 70 valence electrons. The standard InChI is InChI=1S/C9H14N4/c10-7-1-5-3-13-4-9(12)6(5)2-8(7)11/h1-2,9,13H,3-4,10-12H2. The van der Waals surface area contributed by atoms with Gasteiger partial charge in [0.25, 0.3) is 0 Å². The first-order valence-electron chi connectivity index (χ1n) is 4.32. The lowest BCUT2D eigenvalue weighted by atomic mass is 9.96. The SMILES string of the molecule is Nc1cc2c(cc1N)C(N)CNC2. The molecule has 4 nitrogen and oxygen atoms in total. The summed E-state index contributed by atoms with van der Waals surface area (Å²) in [7, 11) is 0. The van der Waals surface area contributed by atoms with Crippen molar-refractivity contribution in [2.75, 3.05) is 18.0 Å². The van der Waals surface area contributed by atoms with Crippen LogP contribution in [0.15, 0.2) is 12.1 Å². The lowest BCUT2D eigenvalue weighted by Crippen LogP contribution is -2.33. The van der Waals surface area contributed by atoms with Gasteiger partial charge in [0, 0.05) is 19.1 Å². The minimum Gasteiger partial charge on any atom is -0.397 e. The van der Waals surface area contributed by atoms with Crippen LogP contribution in [0.2, 0.25) is 0 Å². The Bertz CT molecular complexity index is 335. The Kier molecular flexibility index (Phi) is 1.86. The summed E-state index contributed by atoms with van der Waals surface area (Å²) in [6, 6.07) is 3.82. The molecule has 1 atom stereocenters. The first-order chi connectivity index (χ1) is 6.18. The molecule has 0 saturated carbocycles. The Balaban J connectivity index is 2.52. The highest BCUT2D eigenvalue weighted by atomic mass is 14.9. The molecule has 1 aromatic carbocycles. The van der Waals surface area contributed by atoms with Gasteiger partial charge in [0.1, 0.15) is 0 Å². The summed E-state index contributed by atoms with van der Waals surface area (Å²) in [5, 5.41) is 3.22. The van der Waals surface area contributed by atoms with E-state index >= 15 is 0 Å². The zero-order valence-electron chi connectivity index (χ0n) is 7.38. The fourth-order valence-corrected chi connectivity index (χ4v) is 1.67. The van der Waals surface area contributed by atoms with Crippen molar-refractivity contribution >= 4 is 11.4 Å². The number of benzene rings is 1. The van der Waals surface area contributed by atoms with Crippen molar-refractivity contribution in [1.29, 1.82) is 0 Å². The highest BCUT2D eigenvalue weighted by molar-refractivity contribution is 5.66. The van der Waals surface area contributed by atoms with Crippen LogP contribution in [-0.2, 0) is 6.54 Å². The van der Waals surface area contributed by atoms with Crippen molar-refractivity contribution in [3.63, 3.8) is 0 Å². The van der Waals surface area contributed by atoms with Crippen molar-refractivity contribution in [2.24, 2.45) is 5.73 Å². The number of nitrogens with two attached hydrogens (primary N) is 3. The van der Waals surface area contributed by atoms with E-state index in [0.717, 1.165) is 24.2 Å². The molecule has 1 aliphatic rings. The summed E-state index contributed by atoms with van der Waals surface area (Å²) >= 11 is 0. The van der Waals surface area contributed by atoms with E-state index in [1.54, 1.807) is 0 Å². The molecule has 0 spiro atoms. The summed E-state index contributed by atoms with van der Waals surface area (Å²) in [6.07, 6.45) is 0. The van der Waals surface area contributed by atoms with Crippen LogP contribution in [0.5, 0.6) is 0 Å². The Morgan fingerprint density at radius 2 is 1.92 bits per heavy atom. The molecule has 0 radical (unpaired) electrons. The highest BCUT2D eigenvalue weighted by Gasteiger charge is 2.17. The van der Waals surface area contributed by atoms with E-state index in [0.29, 0.717) is 11.4 Å². The molecule has 0 aliphatic carbocycles. The van der Waals surface area contributed by atoms with Gasteiger partial charge in [-0.05, 0) is 23.3 Å². The van der Waals surface area contributed by atoms with Crippen LogP contribution < -0.4 is 22.5 Å². The first kappa shape index (κ1) is 8.34. The van der Waals surface area contributed by atoms with Crippen molar-refractivity contribution < 1.29 is 0 Å². The van der Waals surface area contributed by atoms with Gasteiger partial charge in [-0.15, -0.1) is 0 Å². The molecule has 0 saturated heterocycles. The maximum absolute atomic E-state index is 5.91. The molecule has 0 bridgehead atoms. The summed E-state index contributed by atoms with van der Waals surface area (Å²) in [6.45, 7) is 1.63. The van der Waals surface area contributed by atoms with E-state index in [-0.39, 0.29) is 6.04 Å². The normalized spacial score (nSPS) is 21.2. The summed E-state index contributed by atoms with van der Waals surface area (Å²) in [5.41, 5.74) is 20.8. The smallest absolute Gasteiger partial charge is 0.0551 e. The van der Waals surface area contributed by atoms with Gasteiger partial charge >= 0.3 is 0 Å². The Labute approximate surface area is 77.1 Å². The van der Waals surface area contributed by atoms with Crippen LogP contribution >= 0.6 is 0 Å². The predicted molar refractivity (Wildman–Crippen MR) is 53.9 cm³/mol. The van der Waals surface area contributed by atoms with Crippen LogP contribution in [0, 0.1) is 0 Å². The summed E-state index contributed by atoms with van der Waals surface area (Å²) in [4.78, 5) is 0. The number of fused-ring (bicyclic) bond motifs is 1. The third-order valence-electron chi connectivity index (χ3n) is 2.42. The maximum atomic E-state index is 5.91. The summed E-state index contributed by atoms with van der Waals surface area (Å²) in [5.74, 6) is 0. The monoisotopic (exact) mass is 178 g/mol. The molecule has 13 heavy (non-hydrogen) atoms. The van der Waals surface area contributed by atoms with Crippen LogP contribution in [0.3, 0.4) is 0 Å². The molecule has 2 rings (SSSR count). The van der Waals surface area contributed by atoms with E-state index in [1.165, 1.54) is 0 Å². The number of hydrogen-bond acceptors (Lipinski definition) is 4. The van der Waals surface area contributed by atoms with Gasteiger partial charge < -0.3 is 22.5 Å². The van der Waals surface area contributed by atoms with Gasteiger partial charge in [0.05, 0.1) is 11.4 Å². The number of rotatable bonds is 0. The first-order valence-corrected chi connectivity index (χ1v) is 4.32. The van der Waals surface area contributed by atoms with Gasteiger partial charge in [-0.25, -0.2) is 0 Å². The molecule has 0 fully saturated rings. The van der Waals surface area contributed by atoms with Gasteiger partial charge in [0.15, 0.2) is 0 Å². The fraction of sp³-hybridized carbons (Fsp3) is 0.333. The average molecular weight is 178 g/mol. The lowest BCUT2D eigenvalue weighted by molar-refractivity contribution is 0.555. The van der Waals surface area contributed by atoms with Gasteiger partial charge in [-0.3, -0.25) is 0 Å². The Morgan fingerprint density at radius 3 is 2.69 bits per heavy atom. The number of nitrogens with one attached hydrogen (secondary N) is 1. The van der Waals surface area contributed by atoms with Gasteiger partial charge in [-0.1, -0.05) is 0 Å². The average Bonchev–Trinajstić information content (AvgIpc) is 2.09. The number of hydrogen-bond donors (Lipinski definition) is 4. The second kappa shape index (κ2) is 2.90. The zero-order valence-corrected chi connectivity index (χ0v) is 7.38. The topological polar surface area (TPSA) is 90.1 Å². The quantitative estimate of drug-likeness (QED) is 0.419. The Hall–Kier alpha value is -1.26. The minimum absolute atomic E-state index is 0.0339. The zero-order chi connectivity index (χ0) is 9.42. The molecule has 7 N–H and O–H groups in total. The molecule has 1 heterocycles. The van der Waals surface area contributed by atoms with Crippen molar-refractivity contribution in [1.82, 2.24) is 5.32 Å². The van der Waals surface area contributed by atoms with E-state index in [4.69, 9.17) is 17.2 Å². The molecule has 1 aromatic rings. The minimum atomic E-state index is 0.0339. The molecule has 4 heteroatoms. The van der Waals surface area contributed by atoms with Crippen molar-refractivity contribution in [3.05, 3.63) is 23.3 Å². The number of anilines is 2. The molecular weight excluding hydrogens is 164 g/mol. The Morgan fingerprint density at radius 1 is 1.23 bits per heavy atom. The van der Waals surface area contributed by atoms with Gasteiger partial charge in [-0.2, -0.15) is 0 Å². The fourth-order valence-electron chi connectivity index (χ4n) is 1.67. The molecule has 0 amide bonds. The van der Waals surface area contributed by atoms with E-state index < -0.39 is 0 Å². The predicted octanol–water partition coefficient (Wildman–Crippen LogP) is -0.0460. The largest absolute Gasteiger partial charge is 0.397 e.